The Labute approximate surface area is 136 Å². The highest BCUT2D eigenvalue weighted by molar-refractivity contribution is 5.98. The van der Waals surface area contributed by atoms with Crippen molar-refractivity contribution in [2.24, 2.45) is 5.92 Å². The van der Waals surface area contributed by atoms with Crippen LogP contribution in [0.25, 0.3) is 0 Å². The number of carboxylic acid groups (broad SMARTS) is 1. The SMILES string of the molecule is CCN(CC(=O)O)C(=O)C(NC(=O)c1cccc(C)c1)C(C)C. The maximum atomic E-state index is 12.5. The highest BCUT2D eigenvalue weighted by atomic mass is 16.4. The summed E-state index contributed by atoms with van der Waals surface area (Å²) in [6, 6.07) is 6.32. The minimum Gasteiger partial charge on any atom is -0.480 e. The number of benzene rings is 1. The van der Waals surface area contributed by atoms with E-state index >= 15 is 0 Å². The molecule has 0 heterocycles. The summed E-state index contributed by atoms with van der Waals surface area (Å²) < 4.78 is 0. The predicted octanol–water partition coefficient (Wildman–Crippen LogP) is 1.68. The van der Waals surface area contributed by atoms with Crippen molar-refractivity contribution < 1.29 is 19.5 Å². The number of amides is 2. The van der Waals surface area contributed by atoms with E-state index in [0.717, 1.165) is 5.56 Å². The molecule has 126 valence electrons. The Hall–Kier alpha value is -2.37. The Balaban J connectivity index is 2.91. The summed E-state index contributed by atoms with van der Waals surface area (Å²) in [5.74, 6) is -1.95. The molecule has 1 rings (SSSR count). The number of likely N-dealkylation sites (N-methyl/N-ethyl adjacent to an activating group) is 1. The van der Waals surface area contributed by atoms with E-state index in [1.807, 2.05) is 26.8 Å². The number of aliphatic carboxylic acids is 1. The number of nitrogens with zero attached hydrogens (tertiary/aromatic N) is 1. The van der Waals surface area contributed by atoms with Gasteiger partial charge in [0.05, 0.1) is 0 Å². The van der Waals surface area contributed by atoms with Crippen molar-refractivity contribution in [3.05, 3.63) is 35.4 Å². The third-order valence-corrected chi connectivity index (χ3v) is 3.52. The quantitative estimate of drug-likeness (QED) is 0.800. The standard InChI is InChI=1S/C17H24N2O4/c1-5-19(10-14(20)21)17(23)15(11(2)3)18-16(22)13-8-6-7-12(4)9-13/h6-9,11,15H,5,10H2,1-4H3,(H,18,22)(H,20,21). The molecule has 0 saturated carbocycles. The van der Waals surface area contributed by atoms with Gasteiger partial charge >= 0.3 is 5.97 Å². The average Bonchev–Trinajstić information content (AvgIpc) is 2.48. The first-order chi connectivity index (χ1) is 10.8. The van der Waals surface area contributed by atoms with Crippen molar-refractivity contribution in [2.75, 3.05) is 13.1 Å². The van der Waals surface area contributed by atoms with Crippen LogP contribution in [0.2, 0.25) is 0 Å². The van der Waals surface area contributed by atoms with Gasteiger partial charge in [0.15, 0.2) is 0 Å². The second kappa shape index (κ2) is 8.31. The van der Waals surface area contributed by atoms with Gasteiger partial charge < -0.3 is 15.3 Å². The predicted molar refractivity (Wildman–Crippen MR) is 87.2 cm³/mol. The minimum atomic E-state index is -1.08. The molecule has 1 unspecified atom stereocenters. The summed E-state index contributed by atoms with van der Waals surface area (Å²) in [4.78, 5) is 37.0. The molecule has 6 heteroatoms. The van der Waals surface area contributed by atoms with E-state index in [-0.39, 0.29) is 30.8 Å². The fraction of sp³-hybridized carbons (Fsp3) is 0.471. The summed E-state index contributed by atoms with van der Waals surface area (Å²) in [7, 11) is 0. The van der Waals surface area contributed by atoms with Crippen LogP contribution >= 0.6 is 0 Å². The Bertz CT molecular complexity index is 584. The molecule has 0 saturated heterocycles. The normalized spacial score (nSPS) is 11.9. The smallest absolute Gasteiger partial charge is 0.323 e. The number of hydrogen-bond acceptors (Lipinski definition) is 3. The number of aryl methyl sites for hydroxylation is 1. The molecule has 0 bridgehead atoms. The van der Waals surface area contributed by atoms with Gasteiger partial charge in [-0.1, -0.05) is 31.5 Å². The summed E-state index contributed by atoms with van der Waals surface area (Å²) in [6.07, 6.45) is 0. The second-order valence-corrected chi connectivity index (χ2v) is 5.81. The maximum absolute atomic E-state index is 12.5. The molecule has 0 fully saturated rings. The van der Waals surface area contributed by atoms with Gasteiger partial charge in [-0.2, -0.15) is 0 Å². The lowest BCUT2D eigenvalue weighted by atomic mass is 10.0. The molecule has 1 aromatic rings. The first kappa shape index (κ1) is 18.7. The van der Waals surface area contributed by atoms with Gasteiger partial charge in [-0.05, 0) is 31.9 Å². The third-order valence-electron chi connectivity index (χ3n) is 3.52. The van der Waals surface area contributed by atoms with Crippen molar-refractivity contribution in [1.82, 2.24) is 10.2 Å². The molecule has 6 nitrogen and oxygen atoms in total. The molecule has 2 N–H and O–H groups in total. The van der Waals surface area contributed by atoms with Gasteiger partial charge in [0, 0.05) is 12.1 Å². The van der Waals surface area contributed by atoms with Crippen LogP contribution in [0, 0.1) is 12.8 Å². The number of carboxylic acids is 1. The molecular formula is C17H24N2O4. The van der Waals surface area contributed by atoms with Gasteiger partial charge in [0.2, 0.25) is 5.91 Å². The van der Waals surface area contributed by atoms with E-state index in [0.29, 0.717) is 5.56 Å². The van der Waals surface area contributed by atoms with Crippen molar-refractivity contribution in [3.8, 4) is 0 Å². The van der Waals surface area contributed by atoms with Gasteiger partial charge in [-0.3, -0.25) is 14.4 Å². The van der Waals surface area contributed by atoms with E-state index in [1.54, 1.807) is 25.1 Å². The number of carbonyl (C=O) groups excluding carboxylic acids is 2. The van der Waals surface area contributed by atoms with Crippen molar-refractivity contribution in [2.45, 2.75) is 33.7 Å². The lowest BCUT2D eigenvalue weighted by Crippen LogP contribution is -2.52. The lowest BCUT2D eigenvalue weighted by Gasteiger charge is -2.28. The van der Waals surface area contributed by atoms with Gasteiger partial charge in [-0.15, -0.1) is 0 Å². The monoisotopic (exact) mass is 320 g/mol. The number of rotatable bonds is 7. The third kappa shape index (κ3) is 5.39. The largest absolute Gasteiger partial charge is 0.480 e. The fourth-order valence-corrected chi connectivity index (χ4v) is 2.23. The second-order valence-electron chi connectivity index (χ2n) is 5.81. The molecule has 0 aliphatic rings. The zero-order chi connectivity index (χ0) is 17.6. The molecule has 0 radical (unpaired) electrons. The van der Waals surface area contributed by atoms with E-state index < -0.39 is 12.0 Å². The van der Waals surface area contributed by atoms with Crippen LogP contribution in [0.3, 0.4) is 0 Å². The zero-order valence-electron chi connectivity index (χ0n) is 14.0. The van der Waals surface area contributed by atoms with Crippen LogP contribution in [0.5, 0.6) is 0 Å². The Kier molecular flexibility index (Phi) is 6.75. The Morgan fingerprint density at radius 2 is 1.91 bits per heavy atom. The highest BCUT2D eigenvalue weighted by Gasteiger charge is 2.29. The van der Waals surface area contributed by atoms with Crippen LogP contribution in [0.4, 0.5) is 0 Å². The van der Waals surface area contributed by atoms with Crippen LogP contribution in [-0.4, -0.2) is 46.9 Å². The maximum Gasteiger partial charge on any atom is 0.323 e. The van der Waals surface area contributed by atoms with Crippen LogP contribution in [-0.2, 0) is 9.59 Å². The highest BCUT2D eigenvalue weighted by Crippen LogP contribution is 2.10. The fourth-order valence-electron chi connectivity index (χ4n) is 2.23. The number of hydrogen-bond donors (Lipinski definition) is 2. The van der Waals surface area contributed by atoms with E-state index in [1.165, 1.54) is 4.90 Å². The van der Waals surface area contributed by atoms with Crippen molar-refractivity contribution in [3.63, 3.8) is 0 Å². The minimum absolute atomic E-state index is 0.154. The molecule has 0 aromatic heterocycles. The summed E-state index contributed by atoms with van der Waals surface area (Å²) in [5.41, 5.74) is 1.43. The molecule has 2 amide bonds. The molecular weight excluding hydrogens is 296 g/mol. The first-order valence-corrected chi connectivity index (χ1v) is 7.64. The summed E-state index contributed by atoms with van der Waals surface area (Å²) in [5, 5.41) is 11.6. The van der Waals surface area contributed by atoms with Crippen molar-refractivity contribution in [1.29, 1.82) is 0 Å². The van der Waals surface area contributed by atoms with Gasteiger partial charge in [0.1, 0.15) is 12.6 Å². The lowest BCUT2D eigenvalue weighted by molar-refractivity contribution is -0.145. The number of carbonyl (C=O) groups is 3. The molecule has 0 aliphatic heterocycles. The van der Waals surface area contributed by atoms with E-state index in [2.05, 4.69) is 5.32 Å². The molecule has 0 aliphatic carbocycles. The molecule has 0 spiro atoms. The Morgan fingerprint density at radius 1 is 1.26 bits per heavy atom. The Morgan fingerprint density at radius 3 is 2.39 bits per heavy atom. The average molecular weight is 320 g/mol. The topological polar surface area (TPSA) is 86.7 Å². The van der Waals surface area contributed by atoms with Crippen LogP contribution in [0.15, 0.2) is 24.3 Å². The zero-order valence-corrected chi connectivity index (χ0v) is 14.0. The first-order valence-electron chi connectivity index (χ1n) is 7.64. The molecule has 1 aromatic carbocycles. The van der Waals surface area contributed by atoms with Gasteiger partial charge in [0.25, 0.3) is 5.91 Å². The van der Waals surface area contributed by atoms with Crippen LogP contribution < -0.4 is 5.32 Å². The van der Waals surface area contributed by atoms with E-state index in [9.17, 15) is 14.4 Å². The summed E-state index contributed by atoms with van der Waals surface area (Å²) >= 11 is 0. The number of nitrogens with one attached hydrogen (secondary N) is 1. The summed E-state index contributed by atoms with van der Waals surface area (Å²) in [6.45, 7) is 7.11. The molecule has 23 heavy (non-hydrogen) atoms. The van der Waals surface area contributed by atoms with Crippen molar-refractivity contribution >= 4 is 17.8 Å². The molecule has 1 atom stereocenters. The van der Waals surface area contributed by atoms with Gasteiger partial charge in [-0.25, -0.2) is 0 Å². The van der Waals surface area contributed by atoms with E-state index in [4.69, 9.17) is 5.11 Å². The van der Waals surface area contributed by atoms with Crippen LogP contribution in [0.1, 0.15) is 36.7 Å².